The minimum atomic E-state index is -0.338. The third kappa shape index (κ3) is 4.26. The first-order chi connectivity index (χ1) is 13.1. The maximum atomic E-state index is 12.4. The van der Waals surface area contributed by atoms with E-state index in [9.17, 15) is 4.79 Å². The van der Waals surface area contributed by atoms with Crippen LogP contribution in [-0.4, -0.2) is 15.5 Å². The first-order valence-corrected chi connectivity index (χ1v) is 10.6. The van der Waals surface area contributed by atoms with Gasteiger partial charge in [-0.25, -0.2) is 0 Å². The van der Waals surface area contributed by atoms with Crippen LogP contribution in [0.3, 0.4) is 0 Å². The first kappa shape index (κ1) is 19.7. The second-order valence-electron chi connectivity index (χ2n) is 7.83. The van der Waals surface area contributed by atoms with E-state index in [2.05, 4.69) is 23.4 Å². The second-order valence-corrected chi connectivity index (χ2v) is 7.83. The number of amides is 1. The molecular weight excluding hydrogens is 334 g/mol. The average molecular weight is 368 g/mol. The van der Waals surface area contributed by atoms with Crippen LogP contribution in [0.1, 0.15) is 92.5 Å². The van der Waals surface area contributed by atoms with E-state index in [0.29, 0.717) is 11.6 Å². The Morgan fingerprint density at radius 3 is 2.48 bits per heavy atom. The van der Waals surface area contributed by atoms with Gasteiger partial charge >= 0.3 is 0 Å². The second kappa shape index (κ2) is 9.20. The van der Waals surface area contributed by atoms with E-state index in [0.717, 1.165) is 36.2 Å². The molecule has 4 nitrogen and oxygen atoms in total. The van der Waals surface area contributed by atoms with E-state index in [-0.39, 0.29) is 5.91 Å². The molecule has 4 heteroatoms. The lowest BCUT2D eigenvalue weighted by Gasteiger charge is -2.26. The van der Waals surface area contributed by atoms with Gasteiger partial charge < -0.3 is 10.3 Å². The van der Waals surface area contributed by atoms with E-state index in [4.69, 9.17) is 5.73 Å². The number of unbranched alkanes of at least 4 members (excludes halogenated alkanes) is 1. The number of primary amides is 1. The van der Waals surface area contributed by atoms with E-state index in [1.54, 1.807) is 6.20 Å². The fraction of sp³-hybridized carbons (Fsp3) is 0.565. The smallest absolute Gasteiger partial charge is 0.251 e. The molecule has 0 unspecified atom stereocenters. The SMILES string of the molecule is CCCCc1c(-c2ccccn2)c(C(N)=O)c(C)n1C1CCCCCCC1. The highest BCUT2D eigenvalue weighted by Crippen LogP contribution is 2.38. The van der Waals surface area contributed by atoms with Crippen molar-refractivity contribution in [1.82, 2.24) is 9.55 Å². The Morgan fingerprint density at radius 1 is 1.19 bits per heavy atom. The zero-order valence-electron chi connectivity index (χ0n) is 16.8. The quantitative estimate of drug-likeness (QED) is 0.724. The van der Waals surface area contributed by atoms with Crippen molar-refractivity contribution >= 4 is 5.91 Å². The Bertz CT molecular complexity index is 756. The Labute approximate surface area is 163 Å². The fourth-order valence-electron chi connectivity index (χ4n) is 4.63. The average Bonchev–Trinajstić information content (AvgIpc) is 2.93. The van der Waals surface area contributed by atoms with Gasteiger partial charge in [0.25, 0.3) is 5.91 Å². The molecule has 2 heterocycles. The zero-order chi connectivity index (χ0) is 19.2. The van der Waals surface area contributed by atoms with Crippen LogP contribution in [0, 0.1) is 6.92 Å². The van der Waals surface area contributed by atoms with Gasteiger partial charge in [-0.3, -0.25) is 9.78 Å². The summed E-state index contributed by atoms with van der Waals surface area (Å²) in [5.74, 6) is -0.338. The van der Waals surface area contributed by atoms with Crippen LogP contribution >= 0.6 is 0 Å². The molecule has 1 aliphatic rings. The summed E-state index contributed by atoms with van der Waals surface area (Å²) in [6.07, 6.45) is 13.9. The monoisotopic (exact) mass is 367 g/mol. The number of hydrogen-bond donors (Lipinski definition) is 1. The lowest BCUT2D eigenvalue weighted by molar-refractivity contribution is 0.1000. The highest BCUT2D eigenvalue weighted by molar-refractivity contribution is 6.01. The van der Waals surface area contributed by atoms with E-state index >= 15 is 0 Å². The predicted octanol–water partition coefficient (Wildman–Crippen LogP) is 5.59. The number of nitrogens with zero attached hydrogens (tertiary/aromatic N) is 2. The topological polar surface area (TPSA) is 60.9 Å². The van der Waals surface area contributed by atoms with Crippen LogP contribution in [0.25, 0.3) is 11.3 Å². The lowest BCUT2D eigenvalue weighted by Crippen LogP contribution is -2.17. The highest BCUT2D eigenvalue weighted by Gasteiger charge is 2.28. The molecule has 2 aromatic heterocycles. The Balaban J connectivity index is 2.17. The lowest BCUT2D eigenvalue weighted by atomic mass is 9.96. The molecular formula is C23H33N3O. The molecule has 3 rings (SSSR count). The summed E-state index contributed by atoms with van der Waals surface area (Å²) in [6, 6.07) is 6.36. The Hall–Kier alpha value is -2.10. The van der Waals surface area contributed by atoms with Crippen LogP contribution in [0.2, 0.25) is 0 Å². The van der Waals surface area contributed by atoms with E-state index in [1.807, 2.05) is 18.2 Å². The minimum Gasteiger partial charge on any atom is -0.366 e. The molecule has 0 atom stereocenters. The molecule has 0 aromatic carbocycles. The van der Waals surface area contributed by atoms with Crippen molar-refractivity contribution in [3.05, 3.63) is 41.3 Å². The van der Waals surface area contributed by atoms with Crippen molar-refractivity contribution in [1.29, 1.82) is 0 Å². The van der Waals surface area contributed by atoms with Gasteiger partial charge in [0.2, 0.25) is 0 Å². The summed E-state index contributed by atoms with van der Waals surface area (Å²) < 4.78 is 2.46. The predicted molar refractivity (Wildman–Crippen MR) is 111 cm³/mol. The number of carbonyl (C=O) groups excluding carboxylic acids is 1. The maximum Gasteiger partial charge on any atom is 0.251 e. The number of carbonyl (C=O) groups is 1. The van der Waals surface area contributed by atoms with Gasteiger partial charge in [-0.15, -0.1) is 0 Å². The Kier molecular flexibility index (Phi) is 6.70. The van der Waals surface area contributed by atoms with Crippen molar-refractivity contribution in [2.24, 2.45) is 5.73 Å². The molecule has 2 aromatic rings. The standard InChI is InChI=1S/C23H33N3O/c1-3-4-15-20-22(19-14-10-11-16-25-19)21(23(24)27)17(2)26(20)18-12-8-6-5-7-9-13-18/h10-11,14,16,18H,3-9,12-13,15H2,1-2H3,(H2,24,27). The number of hydrogen-bond acceptors (Lipinski definition) is 2. The molecule has 0 aliphatic heterocycles. The first-order valence-electron chi connectivity index (χ1n) is 10.6. The number of rotatable bonds is 6. The van der Waals surface area contributed by atoms with Gasteiger partial charge in [0.1, 0.15) is 0 Å². The molecule has 2 N–H and O–H groups in total. The summed E-state index contributed by atoms with van der Waals surface area (Å²) in [4.78, 5) is 17.0. The number of pyridine rings is 1. The molecule has 0 spiro atoms. The van der Waals surface area contributed by atoms with Crippen LogP contribution in [0.5, 0.6) is 0 Å². The molecule has 1 aliphatic carbocycles. The summed E-state index contributed by atoms with van der Waals surface area (Å²) in [5.41, 5.74) is 10.7. The molecule has 1 fully saturated rings. The molecule has 1 amide bonds. The molecule has 0 bridgehead atoms. The van der Waals surface area contributed by atoms with Gasteiger partial charge in [0.15, 0.2) is 0 Å². The van der Waals surface area contributed by atoms with Gasteiger partial charge in [0.05, 0.1) is 11.3 Å². The fourth-order valence-corrected chi connectivity index (χ4v) is 4.63. The molecule has 27 heavy (non-hydrogen) atoms. The van der Waals surface area contributed by atoms with E-state index in [1.165, 1.54) is 50.6 Å². The normalized spacial score (nSPS) is 16.1. The van der Waals surface area contributed by atoms with Gasteiger partial charge in [-0.1, -0.05) is 51.5 Å². The van der Waals surface area contributed by atoms with Gasteiger partial charge in [0, 0.05) is 29.2 Å². The van der Waals surface area contributed by atoms with Crippen molar-refractivity contribution in [3.8, 4) is 11.3 Å². The third-order valence-corrected chi connectivity index (χ3v) is 5.93. The molecule has 1 saturated carbocycles. The van der Waals surface area contributed by atoms with Gasteiger partial charge in [-0.2, -0.15) is 0 Å². The van der Waals surface area contributed by atoms with Crippen LogP contribution < -0.4 is 5.73 Å². The van der Waals surface area contributed by atoms with Crippen molar-refractivity contribution in [3.63, 3.8) is 0 Å². The minimum absolute atomic E-state index is 0.338. The highest BCUT2D eigenvalue weighted by atomic mass is 16.1. The zero-order valence-corrected chi connectivity index (χ0v) is 16.8. The Morgan fingerprint density at radius 2 is 1.89 bits per heavy atom. The third-order valence-electron chi connectivity index (χ3n) is 5.93. The summed E-state index contributed by atoms with van der Waals surface area (Å²) in [5, 5.41) is 0. The van der Waals surface area contributed by atoms with Crippen molar-refractivity contribution in [2.45, 2.75) is 84.1 Å². The number of nitrogens with two attached hydrogens (primary N) is 1. The maximum absolute atomic E-state index is 12.4. The van der Waals surface area contributed by atoms with Crippen molar-refractivity contribution < 1.29 is 4.79 Å². The number of aromatic nitrogens is 2. The summed E-state index contributed by atoms with van der Waals surface area (Å²) in [6.45, 7) is 4.28. The molecule has 0 saturated heterocycles. The molecule has 146 valence electrons. The summed E-state index contributed by atoms with van der Waals surface area (Å²) in [7, 11) is 0. The summed E-state index contributed by atoms with van der Waals surface area (Å²) >= 11 is 0. The van der Waals surface area contributed by atoms with E-state index < -0.39 is 0 Å². The molecule has 0 radical (unpaired) electrons. The largest absolute Gasteiger partial charge is 0.366 e. The van der Waals surface area contributed by atoms with Crippen LogP contribution in [0.15, 0.2) is 24.4 Å². The van der Waals surface area contributed by atoms with Gasteiger partial charge in [-0.05, 0) is 44.7 Å². The van der Waals surface area contributed by atoms with Crippen molar-refractivity contribution in [2.75, 3.05) is 0 Å². The van der Waals surface area contributed by atoms with Crippen LogP contribution in [0.4, 0.5) is 0 Å². The van der Waals surface area contributed by atoms with Crippen LogP contribution in [-0.2, 0) is 6.42 Å².